The SMILES string of the molecule is COc1ccc(CC(=O)NCC2(C(=O)O)CC2)cc1. The van der Waals surface area contributed by atoms with E-state index in [1.165, 1.54) is 0 Å². The molecule has 1 aliphatic rings. The zero-order valence-corrected chi connectivity index (χ0v) is 10.8. The lowest BCUT2D eigenvalue weighted by atomic mass is 10.1. The van der Waals surface area contributed by atoms with Gasteiger partial charge in [-0.2, -0.15) is 0 Å². The molecule has 0 radical (unpaired) electrons. The molecule has 0 aromatic heterocycles. The molecule has 1 aliphatic carbocycles. The molecule has 1 aromatic carbocycles. The maximum atomic E-state index is 11.7. The molecule has 2 N–H and O–H groups in total. The molecular weight excluding hydrogens is 246 g/mol. The Morgan fingerprint density at radius 2 is 1.95 bits per heavy atom. The summed E-state index contributed by atoms with van der Waals surface area (Å²) in [7, 11) is 1.59. The molecule has 0 atom stereocenters. The standard InChI is InChI=1S/C14H17NO4/c1-19-11-4-2-10(3-5-11)8-12(16)15-9-14(6-7-14)13(17)18/h2-5H,6-9H2,1H3,(H,15,16)(H,17,18). The van der Waals surface area contributed by atoms with Crippen molar-refractivity contribution in [2.24, 2.45) is 5.41 Å². The van der Waals surface area contributed by atoms with Crippen LogP contribution in [0.2, 0.25) is 0 Å². The summed E-state index contributed by atoms with van der Waals surface area (Å²) in [6.45, 7) is 0.220. The Labute approximate surface area is 111 Å². The molecule has 0 spiro atoms. The summed E-state index contributed by atoms with van der Waals surface area (Å²) in [5.74, 6) is -0.234. The van der Waals surface area contributed by atoms with Crippen molar-refractivity contribution in [2.75, 3.05) is 13.7 Å². The van der Waals surface area contributed by atoms with Crippen molar-refractivity contribution in [3.63, 3.8) is 0 Å². The van der Waals surface area contributed by atoms with Gasteiger partial charge in [0.05, 0.1) is 18.9 Å². The zero-order valence-electron chi connectivity index (χ0n) is 10.8. The van der Waals surface area contributed by atoms with Crippen LogP contribution in [-0.2, 0) is 16.0 Å². The van der Waals surface area contributed by atoms with Crippen molar-refractivity contribution in [2.45, 2.75) is 19.3 Å². The second-order valence-corrected chi connectivity index (χ2v) is 4.89. The highest BCUT2D eigenvalue weighted by Crippen LogP contribution is 2.45. The molecule has 1 aromatic rings. The highest BCUT2D eigenvalue weighted by Gasteiger charge is 2.50. The highest BCUT2D eigenvalue weighted by molar-refractivity contribution is 5.82. The first kappa shape index (κ1) is 13.4. The van der Waals surface area contributed by atoms with Crippen LogP contribution in [0.25, 0.3) is 0 Å². The number of hydrogen-bond acceptors (Lipinski definition) is 3. The lowest BCUT2D eigenvalue weighted by Gasteiger charge is -2.11. The van der Waals surface area contributed by atoms with Crippen LogP contribution in [0.15, 0.2) is 24.3 Å². The van der Waals surface area contributed by atoms with Gasteiger partial charge in [-0.05, 0) is 30.5 Å². The maximum Gasteiger partial charge on any atom is 0.311 e. The number of carbonyl (C=O) groups excluding carboxylic acids is 1. The second-order valence-electron chi connectivity index (χ2n) is 4.89. The van der Waals surface area contributed by atoms with Crippen LogP contribution in [0.4, 0.5) is 0 Å². The fraction of sp³-hybridized carbons (Fsp3) is 0.429. The number of carboxylic acid groups (broad SMARTS) is 1. The van der Waals surface area contributed by atoms with Crippen molar-refractivity contribution in [1.82, 2.24) is 5.32 Å². The van der Waals surface area contributed by atoms with Crippen molar-refractivity contribution in [1.29, 1.82) is 0 Å². The normalized spacial score (nSPS) is 15.6. The predicted molar refractivity (Wildman–Crippen MR) is 69.0 cm³/mol. The largest absolute Gasteiger partial charge is 0.497 e. The van der Waals surface area contributed by atoms with Gasteiger partial charge < -0.3 is 15.2 Å². The van der Waals surface area contributed by atoms with Gasteiger partial charge >= 0.3 is 5.97 Å². The van der Waals surface area contributed by atoms with Gasteiger partial charge in [0.2, 0.25) is 5.91 Å². The van der Waals surface area contributed by atoms with E-state index in [1.54, 1.807) is 19.2 Å². The number of nitrogens with one attached hydrogen (secondary N) is 1. The summed E-state index contributed by atoms with van der Waals surface area (Å²) in [4.78, 5) is 22.7. The monoisotopic (exact) mass is 263 g/mol. The lowest BCUT2D eigenvalue weighted by Crippen LogP contribution is -2.35. The van der Waals surface area contributed by atoms with Crippen LogP contribution >= 0.6 is 0 Å². The van der Waals surface area contributed by atoms with Crippen LogP contribution in [0.5, 0.6) is 5.75 Å². The van der Waals surface area contributed by atoms with Crippen LogP contribution < -0.4 is 10.1 Å². The minimum atomic E-state index is -0.822. The number of methoxy groups -OCH3 is 1. The third kappa shape index (κ3) is 3.24. The van der Waals surface area contributed by atoms with E-state index in [-0.39, 0.29) is 18.9 Å². The molecule has 0 bridgehead atoms. The van der Waals surface area contributed by atoms with Gasteiger partial charge in [-0.25, -0.2) is 0 Å². The summed E-state index contributed by atoms with van der Waals surface area (Å²) in [5, 5.41) is 11.7. The highest BCUT2D eigenvalue weighted by atomic mass is 16.5. The number of carbonyl (C=O) groups is 2. The molecule has 1 amide bonds. The molecule has 0 aliphatic heterocycles. The van der Waals surface area contributed by atoms with Gasteiger partial charge in [0, 0.05) is 6.54 Å². The minimum absolute atomic E-state index is 0.155. The van der Waals surface area contributed by atoms with Crippen LogP contribution in [0.3, 0.4) is 0 Å². The van der Waals surface area contributed by atoms with Gasteiger partial charge in [0.1, 0.15) is 5.75 Å². The average molecular weight is 263 g/mol. The predicted octanol–water partition coefficient (Wildman–Crippen LogP) is 1.22. The quantitative estimate of drug-likeness (QED) is 0.809. The molecule has 19 heavy (non-hydrogen) atoms. The summed E-state index contributed by atoms with van der Waals surface area (Å²) in [6.07, 6.45) is 1.54. The molecule has 1 saturated carbocycles. The number of rotatable bonds is 6. The van der Waals surface area contributed by atoms with Crippen molar-refractivity contribution in [3.8, 4) is 5.75 Å². The number of amides is 1. The van der Waals surface area contributed by atoms with Crippen LogP contribution in [0.1, 0.15) is 18.4 Å². The summed E-state index contributed by atoms with van der Waals surface area (Å²) in [6, 6.07) is 7.23. The Bertz CT molecular complexity index is 477. The first-order valence-corrected chi connectivity index (χ1v) is 6.19. The van der Waals surface area contributed by atoms with Crippen molar-refractivity contribution >= 4 is 11.9 Å². The average Bonchev–Trinajstić information content (AvgIpc) is 3.18. The Morgan fingerprint density at radius 3 is 2.42 bits per heavy atom. The van der Waals surface area contributed by atoms with Gasteiger partial charge in [-0.1, -0.05) is 12.1 Å². The van der Waals surface area contributed by atoms with E-state index in [0.717, 1.165) is 11.3 Å². The number of benzene rings is 1. The summed E-state index contributed by atoms with van der Waals surface area (Å²) < 4.78 is 5.04. The Kier molecular flexibility index (Phi) is 3.74. The second kappa shape index (κ2) is 5.30. The molecular formula is C14H17NO4. The van der Waals surface area contributed by atoms with Crippen LogP contribution in [0, 0.1) is 5.41 Å². The van der Waals surface area contributed by atoms with Gasteiger partial charge in [0.15, 0.2) is 0 Å². The maximum absolute atomic E-state index is 11.7. The van der Waals surface area contributed by atoms with Crippen molar-refractivity contribution in [3.05, 3.63) is 29.8 Å². The molecule has 0 heterocycles. The van der Waals surface area contributed by atoms with E-state index in [0.29, 0.717) is 12.8 Å². The van der Waals surface area contributed by atoms with E-state index in [2.05, 4.69) is 5.32 Å². The number of ether oxygens (including phenoxy) is 1. The van der Waals surface area contributed by atoms with E-state index in [9.17, 15) is 9.59 Å². The fourth-order valence-electron chi connectivity index (χ4n) is 1.88. The fourth-order valence-corrected chi connectivity index (χ4v) is 1.88. The number of aliphatic carboxylic acids is 1. The minimum Gasteiger partial charge on any atom is -0.497 e. The van der Waals surface area contributed by atoms with E-state index < -0.39 is 11.4 Å². The first-order valence-electron chi connectivity index (χ1n) is 6.19. The third-order valence-electron chi connectivity index (χ3n) is 3.45. The van der Waals surface area contributed by atoms with E-state index in [4.69, 9.17) is 9.84 Å². The van der Waals surface area contributed by atoms with Gasteiger partial charge in [-0.3, -0.25) is 9.59 Å². The van der Waals surface area contributed by atoms with Crippen molar-refractivity contribution < 1.29 is 19.4 Å². The van der Waals surface area contributed by atoms with Gasteiger partial charge in [-0.15, -0.1) is 0 Å². The number of hydrogen-bond donors (Lipinski definition) is 2. The lowest BCUT2D eigenvalue weighted by molar-refractivity contribution is -0.143. The molecule has 5 nitrogen and oxygen atoms in total. The van der Waals surface area contributed by atoms with E-state index in [1.807, 2.05) is 12.1 Å². The summed E-state index contributed by atoms with van der Waals surface area (Å²) in [5.41, 5.74) is 0.161. The molecule has 1 fully saturated rings. The molecule has 102 valence electrons. The van der Waals surface area contributed by atoms with Gasteiger partial charge in [0.25, 0.3) is 0 Å². The smallest absolute Gasteiger partial charge is 0.311 e. The molecule has 5 heteroatoms. The first-order chi connectivity index (χ1) is 9.05. The summed E-state index contributed by atoms with van der Waals surface area (Å²) >= 11 is 0. The molecule has 0 saturated heterocycles. The third-order valence-corrected chi connectivity index (χ3v) is 3.45. The Morgan fingerprint density at radius 1 is 1.32 bits per heavy atom. The number of carboxylic acids is 1. The van der Waals surface area contributed by atoms with E-state index >= 15 is 0 Å². The molecule has 2 rings (SSSR count). The Balaban J connectivity index is 1.82. The molecule has 0 unspecified atom stereocenters. The topological polar surface area (TPSA) is 75.6 Å². The zero-order chi connectivity index (χ0) is 13.9. The Hall–Kier alpha value is -2.04. The van der Waals surface area contributed by atoms with Crippen LogP contribution in [-0.4, -0.2) is 30.6 Å².